The molecule has 1 amide bonds. The lowest BCUT2D eigenvalue weighted by Crippen LogP contribution is -2.47. The first kappa shape index (κ1) is 14.1. The van der Waals surface area contributed by atoms with Crippen LogP contribution < -0.4 is 0 Å². The lowest BCUT2D eigenvalue weighted by atomic mass is 10.0. The van der Waals surface area contributed by atoms with Gasteiger partial charge in [-0.05, 0) is 26.7 Å². The van der Waals surface area contributed by atoms with Crippen molar-refractivity contribution in [1.29, 1.82) is 0 Å². The predicted octanol–water partition coefficient (Wildman–Crippen LogP) is 1.36. The van der Waals surface area contributed by atoms with Gasteiger partial charge in [-0.2, -0.15) is 5.10 Å². The van der Waals surface area contributed by atoms with E-state index >= 15 is 0 Å². The van der Waals surface area contributed by atoms with Crippen LogP contribution in [0.3, 0.4) is 0 Å². The van der Waals surface area contributed by atoms with Crippen LogP contribution >= 0.6 is 0 Å². The summed E-state index contributed by atoms with van der Waals surface area (Å²) < 4.78 is 1.67. The van der Waals surface area contributed by atoms with Crippen molar-refractivity contribution < 1.29 is 4.79 Å². The van der Waals surface area contributed by atoms with Gasteiger partial charge in [0.05, 0.1) is 11.8 Å². The molecule has 1 aliphatic rings. The minimum absolute atomic E-state index is 0.0797. The Labute approximate surface area is 115 Å². The smallest absolute Gasteiger partial charge is 0.257 e. The number of carbonyl (C=O) groups is 1. The number of aromatic nitrogens is 2. The molecule has 2 rings (SSSR count). The Hall–Kier alpha value is -1.36. The highest BCUT2D eigenvalue weighted by atomic mass is 16.2. The van der Waals surface area contributed by atoms with Crippen molar-refractivity contribution in [2.75, 3.05) is 20.1 Å². The second-order valence-electron chi connectivity index (χ2n) is 5.68. The molecule has 19 heavy (non-hydrogen) atoms. The molecule has 0 N–H and O–H groups in total. The molecule has 0 aliphatic carbocycles. The summed E-state index contributed by atoms with van der Waals surface area (Å²) in [7, 11) is 3.74. The number of piperidine rings is 1. The number of hydrogen-bond donors (Lipinski definition) is 0. The van der Waals surface area contributed by atoms with Crippen LogP contribution in [0.25, 0.3) is 0 Å². The lowest BCUT2D eigenvalue weighted by Gasteiger charge is -2.38. The van der Waals surface area contributed by atoms with Gasteiger partial charge in [0.15, 0.2) is 0 Å². The fourth-order valence-electron chi connectivity index (χ4n) is 2.69. The molecule has 1 aromatic heterocycles. The van der Waals surface area contributed by atoms with Gasteiger partial charge in [0.2, 0.25) is 0 Å². The van der Waals surface area contributed by atoms with Gasteiger partial charge in [0.1, 0.15) is 0 Å². The zero-order valence-corrected chi connectivity index (χ0v) is 12.3. The number of aryl methyl sites for hydroxylation is 1. The number of nitrogens with zero attached hydrogens (tertiary/aromatic N) is 4. The molecule has 0 unspecified atom stereocenters. The normalized spacial score (nSPS) is 17.9. The summed E-state index contributed by atoms with van der Waals surface area (Å²) >= 11 is 0. The first-order valence-electron chi connectivity index (χ1n) is 6.99. The Morgan fingerprint density at radius 2 is 2.05 bits per heavy atom. The van der Waals surface area contributed by atoms with Crippen LogP contribution in [-0.4, -0.2) is 57.7 Å². The summed E-state index contributed by atoms with van der Waals surface area (Å²) in [6, 6.07) is 0.947. The molecule has 1 aliphatic heterocycles. The van der Waals surface area contributed by atoms with Crippen LogP contribution in [0.5, 0.6) is 0 Å². The Bertz CT molecular complexity index is 432. The van der Waals surface area contributed by atoms with E-state index < -0.39 is 0 Å². The lowest BCUT2D eigenvalue weighted by molar-refractivity contribution is 0.0615. The molecule has 1 aromatic rings. The third-order valence-corrected chi connectivity index (χ3v) is 4.05. The van der Waals surface area contributed by atoms with Crippen LogP contribution in [0.1, 0.15) is 37.0 Å². The van der Waals surface area contributed by atoms with Gasteiger partial charge >= 0.3 is 0 Å². The largest absolute Gasteiger partial charge is 0.339 e. The standard InChI is InChI=1S/C14H24N4O/c1-11(2)18-7-5-13(6-8-18)17(4)14(19)12-9-15-16(3)10-12/h9-11,13H,5-8H2,1-4H3. The fraction of sp³-hybridized carbons (Fsp3) is 0.714. The van der Waals surface area contributed by atoms with Crippen molar-refractivity contribution in [1.82, 2.24) is 19.6 Å². The van der Waals surface area contributed by atoms with Crippen LogP contribution in [0.4, 0.5) is 0 Å². The van der Waals surface area contributed by atoms with Crippen LogP contribution in [0.15, 0.2) is 12.4 Å². The Kier molecular flexibility index (Phi) is 4.24. The van der Waals surface area contributed by atoms with Gasteiger partial charge in [-0.25, -0.2) is 0 Å². The van der Waals surface area contributed by atoms with Crippen molar-refractivity contribution in [2.45, 2.75) is 38.8 Å². The number of rotatable bonds is 3. The first-order chi connectivity index (χ1) is 8.99. The SMILES string of the molecule is CC(C)N1CCC(N(C)C(=O)c2cnn(C)c2)CC1. The molecule has 1 fully saturated rings. The number of hydrogen-bond acceptors (Lipinski definition) is 3. The Morgan fingerprint density at radius 1 is 1.42 bits per heavy atom. The van der Waals surface area contributed by atoms with E-state index in [-0.39, 0.29) is 5.91 Å². The molecule has 2 heterocycles. The van der Waals surface area contributed by atoms with Gasteiger partial charge in [0.25, 0.3) is 5.91 Å². The summed E-state index contributed by atoms with van der Waals surface area (Å²) in [6.07, 6.45) is 5.53. The third-order valence-electron chi connectivity index (χ3n) is 4.05. The van der Waals surface area contributed by atoms with Crippen LogP contribution in [-0.2, 0) is 7.05 Å². The van der Waals surface area contributed by atoms with Crippen molar-refractivity contribution >= 4 is 5.91 Å². The molecule has 5 nitrogen and oxygen atoms in total. The average molecular weight is 264 g/mol. The van der Waals surface area contributed by atoms with Gasteiger partial charge in [-0.3, -0.25) is 9.48 Å². The van der Waals surface area contributed by atoms with Crippen molar-refractivity contribution in [3.63, 3.8) is 0 Å². The van der Waals surface area contributed by atoms with Gasteiger partial charge in [0, 0.05) is 45.5 Å². The second kappa shape index (κ2) is 5.74. The minimum atomic E-state index is 0.0797. The molecule has 0 atom stereocenters. The molecule has 0 saturated carbocycles. The van der Waals surface area contributed by atoms with Crippen molar-refractivity contribution in [3.8, 4) is 0 Å². The maximum absolute atomic E-state index is 12.3. The summed E-state index contributed by atoms with van der Waals surface area (Å²) in [5, 5.41) is 4.06. The molecule has 0 bridgehead atoms. The van der Waals surface area contributed by atoms with E-state index in [1.165, 1.54) is 0 Å². The van der Waals surface area contributed by atoms with E-state index in [1.807, 2.05) is 19.0 Å². The number of likely N-dealkylation sites (tertiary alicyclic amines) is 1. The van der Waals surface area contributed by atoms with E-state index in [0.29, 0.717) is 17.6 Å². The maximum atomic E-state index is 12.3. The van der Waals surface area contributed by atoms with E-state index in [2.05, 4.69) is 23.8 Å². The molecule has 106 valence electrons. The second-order valence-corrected chi connectivity index (χ2v) is 5.68. The number of amides is 1. The van der Waals surface area contributed by atoms with Crippen molar-refractivity contribution in [3.05, 3.63) is 18.0 Å². The Balaban J connectivity index is 1.94. The molecular weight excluding hydrogens is 240 g/mol. The van der Waals surface area contributed by atoms with E-state index in [1.54, 1.807) is 17.1 Å². The summed E-state index contributed by atoms with van der Waals surface area (Å²) in [5.74, 6) is 0.0797. The highest BCUT2D eigenvalue weighted by molar-refractivity contribution is 5.93. The van der Waals surface area contributed by atoms with Crippen LogP contribution in [0, 0.1) is 0 Å². The highest BCUT2D eigenvalue weighted by Crippen LogP contribution is 2.18. The molecular formula is C14H24N4O. The van der Waals surface area contributed by atoms with Gasteiger partial charge < -0.3 is 9.80 Å². The fourth-order valence-corrected chi connectivity index (χ4v) is 2.69. The zero-order chi connectivity index (χ0) is 14.0. The minimum Gasteiger partial charge on any atom is -0.339 e. The van der Waals surface area contributed by atoms with Crippen LogP contribution in [0.2, 0.25) is 0 Å². The topological polar surface area (TPSA) is 41.4 Å². The zero-order valence-electron chi connectivity index (χ0n) is 12.3. The average Bonchev–Trinajstić information content (AvgIpc) is 2.84. The first-order valence-corrected chi connectivity index (χ1v) is 6.99. The molecule has 0 spiro atoms. The van der Waals surface area contributed by atoms with Crippen molar-refractivity contribution in [2.24, 2.45) is 7.05 Å². The third kappa shape index (κ3) is 3.15. The summed E-state index contributed by atoms with van der Waals surface area (Å²) in [5.41, 5.74) is 0.677. The molecule has 5 heteroatoms. The Morgan fingerprint density at radius 3 is 2.53 bits per heavy atom. The maximum Gasteiger partial charge on any atom is 0.257 e. The number of carbonyl (C=O) groups excluding carboxylic acids is 1. The summed E-state index contributed by atoms with van der Waals surface area (Å²) in [4.78, 5) is 16.7. The summed E-state index contributed by atoms with van der Waals surface area (Å²) in [6.45, 7) is 6.61. The van der Waals surface area contributed by atoms with E-state index in [9.17, 15) is 4.79 Å². The molecule has 0 aromatic carbocycles. The van der Waals surface area contributed by atoms with Gasteiger partial charge in [-0.1, -0.05) is 0 Å². The monoisotopic (exact) mass is 264 g/mol. The van der Waals surface area contributed by atoms with Gasteiger partial charge in [-0.15, -0.1) is 0 Å². The highest BCUT2D eigenvalue weighted by Gasteiger charge is 2.27. The molecule has 1 saturated heterocycles. The quantitative estimate of drug-likeness (QED) is 0.828. The van der Waals surface area contributed by atoms with E-state index in [4.69, 9.17) is 0 Å². The molecule has 0 radical (unpaired) electrons. The van der Waals surface area contributed by atoms with E-state index in [0.717, 1.165) is 25.9 Å². The predicted molar refractivity (Wildman–Crippen MR) is 75.0 cm³/mol.